The van der Waals surface area contributed by atoms with Crippen LogP contribution in [0, 0.1) is 0 Å². The molecule has 0 fully saturated rings. The zero-order valence-corrected chi connectivity index (χ0v) is 6.64. The molecule has 0 aliphatic heterocycles. The van der Waals surface area contributed by atoms with Gasteiger partial charge in [0, 0.05) is 6.20 Å². The number of hydrogen-bond acceptors (Lipinski definition) is 3. The second kappa shape index (κ2) is 2.63. The molecular weight excluding hydrogens is 181 g/mol. The zero-order chi connectivity index (χ0) is 8.55. The number of aromatic nitrogens is 3. The van der Waals surface area contributed by atoms with Crippen molar-refractivity contribution in [1.82, 2.24) is 13.9 Å². The van der Waals surface area contributed by atoms with E-state index in [1.807, 2.05) is 0 Å². The van der Waals surface area contributed by atoms with E-state index in [1.54, 1.807) is 0 Å². The molecule has 12 heavy (non-hydrogen) atoms. The first-order valence-electron chi connectivity index (χ1n) is 3.17. The summed E-state index contributed by atoms with van der Waals surface area (Å²) < 4.78 is 13.3. The average molecular weight is 185 g/mol. The van der Waals surface area contributed by atoms with E-state index in [0.717, 1.165) is 0 Å². The van der Waals surface area contributed by atoms with Crippen LogP contribution in [-0.4, -0.2) is 13.9 Å². The van der Waals surface area contributed by atoms with Gasteiger partial charge in [0.15, 0.2) is 18.0 Å². The van der Waals surface area contributed by atoms with E-state index >= 15 is 0 Å². The lowest BCUT2D eigenvalue weighted by molar-refractivity contribution is 0.919. The monoisotopic (exact) mass is 185 g/mol. The van der Waals surface area contributed by atoms with E-state index < -0.39 is 0 Å². The maximum atomic E-state index is 12.1. The predicted molar refractivity (Wildman–Crippen MR) is 44.5 cm³/mol. The number of aromatic amines is 1. The maximum absolute atomic E-state index is 12.1. The van der Waals surface area contributed by atoms with E-state index in [2.05, 4.69) is 9.97 Å². The van der Waals surface area contributed by atoms with Crippen LogP contribution in [0.3, 0.4) is 0 Å². The molecular formula is C6H4FN3OS. The number of H-pyrrole nitrogens is 1. The molecule has 0 saturated heterocycles. The molecule has 6 heteroatoms. The molecule has 0 saturated carbocycles. The highest BCUT2D eigenvalue weighted by Crippen LogP contribution is 2.15. The van der Waals surface area contributed by atoms with E-state index in [0.29, 0.717) is 11.0 Å². The Hall–Kier alpha value is -1.30. The summed E-state index contributed by atoms with van der Waals surface area (Å²) in [6.07, 6.45) is 2.70. The molecule has 4 nitrogen and oxygen atoms in total. The van der Waals surface area contributed by atoms with Crippen LogP contribution < -0.4 is 5.56 Å². The molecule has 2 aromatic heterocycles. The van der Waals surface area contributed by atoms with Crippen LogP contribution in [0.25, 0.3) is 11.0 Å². The average Bonchev–Trinajstić information content (AvgIpc) is 2.49. The molecule has 0 aromatic carbocycles. The summed E-state index contributed by atoms with van der Waals surface area (Å²) in [5.74, 6) is 0. The van der Waals surface area contributed by atoms with Gasteiger partial charge >= 0.3 is 0 Å². The lowest BCUT2D eigenvalue weighted by Crippen LogP contribution is -2.05. The molecule has 0 bridgehead atoms. The van der Waals surface area contributed by atoms with Crippen molar-refractivity contribution in [1.29, 1.82) is 0 Å². The van der Waals surface area contributed by atoms with Crippen LogP contribution in [0.1, 0.15) is 0 Å². The molecule has 0 unspecified atom stereocenters. The van der Waals surface area contributed by atoms with Gasteiger partial charge in [-0.05, 0) is 6.07 Å². The number of nitrogens with zero attached hydrogens (tertiary/aromatic N) is 2. The van der Waals surface area contributed by atoms with Gasteiger partial charge in [0.05, 0.1) is 11.7 Å². The van der Waals surface area contributed by atoms with Crippen molar-refractivity contribution >= 4 is 23.4 Å². The molecule has 2 rings (SSSR count). The Morgan fingerprint density at radius 1 is 1.67 bits per heavy atom. The largest absolute Gasteiger partial charge is 0.313 e. The fourth-order valence-electron chi connectivity index (χ4n) is 0.995. The Kier molecular flexibility index (Phi) is 1.61. The Morgan fingerprint density at radius 3 is 3.25 bits per heavy atom. The van der Waals surface area contributed by atoms with Crippen LogP contribution in [0.5, 0.6) is 0 Å². The second-order valence-electron chi connectivity index (χ2n) is 2.18. The molecule has 2 heterocycles. The van der Waals surface area contributed by atoms with Crippen molar-refractivity contribution in [3.05, 3.63) is 28.9 Å². The van der Waals surface area contributed by atoms with Crippen molar-refractivity contribution in [2.45, 2.75) is 0 Å². The third-order valence-electron chi connectivity index (χ3n) is 1.53. The van der Waals surface area contributed by atoms with E-state index in [1.165, 1.54) is 22.6 Å². The highest BCUT2D eigenvalue weighted by Gasteiger charge is 2.04. The second-order valence-corrected chi connectivity index (χ2v) is 2.71. The molecule has 0 radical (unpaired) electrons. The quantitative estimate of drug-likeness (QED) is 0.723. The highest BCUT2D eigenvalue weighted by atomic mass is 32.2. The number of nitrogens with one attached hydrogen (secondary N) is 1. The standard InChI is InChI=1S/C6H4FN3OS/c7-12-10-2-1-4-5(10)8-3-9-6(4)11/h1-3H,(H,8,9,11). The number of halogens is 1. The van der Waals surface area contributed by atoms with Gasteiger partial charge in [-0.3, -0.25) is 4.79 Å². The SMILES string of the molecule is O=c1[nH]cnc2c1ccn2SF. The lowest BCUT2D eigenvalue weighted by Gasteiger charge is -1.92. The van der Waals surface area contributed by atoms with Gasteiger partial charge < -0.3 is 4.98 Å². The van der Waals surface area contributed by atoms with Crippen LogP contribution in [-0.2, 0) is 0 Å². The molecule has 1 N–H and O–H groups in total. The van der Waals surface area contributed by atoms with Crippen molar-refractivity contribution in [2.24, 2.45) is 0 Å². The van der Waals surface area contributed by atoms with Crippen molar-refractivity contribution in [3.63, 3.8) is 0 Å². The summed E-state index contributed by atoms with van der Waals surface area (Å²) in [6.45, 7) is 0. The summed E-state index contributed by atoms with van der Waals surface area (Å²) in [5, 5.41) is 0.391. The van der Waals surface area contributed by atoms with Gasteiger partial charge in [0.1, 0.15) is 0 Å². The minimum absolute atomic E-state index is 0.0150. The molecule has 0 spiro atoms. The fourth-order valence-corrected chi connectivity index (χ4v) is 1.31. The van der Waals surface area contributed by atoms with Crippen molar-refractivity contribution in [3.8, 4) is 0 Å². The summed E-state index contributed by atoms with van der Waals surface area (Å²) in [5.41, 5.74) is 0.0825. The minimum atomic E-state index is -0.257. The Bertz CT molecular complexity index is 463. The first-order chi connectivity index (χ1) is 5.83. The van der Waals surface area contributed by atoms with Crippen molar-refractivity contribution < 1.29 is 3.89 Å². The summed E-state index contributed by atoms with van der Waals surface area (Å²) in [7, 11) is 0. The first-order valence-corrected chi connectivity index (χ1v) is 3.84. The Balaban J connectivity index is 2.89. The summed E-state index contributed by atoms with van der Waals surface area (Å²) in [4.78, 5) is 17.3. The predicted octanol–water partition coefficient (Wildman–Crippen LogP) is 1.11. The molecule has 0 aliphatic rings. The van der Waals surface area contributed by atoms with Gasteiger partial charge in [0.2, 0.25) is 0 Å². The van der Waals surface area contributed by atoms with Crippen LogP contribution in [0.15, 0.2) is 23.4 Å². The van der Waals surface area contributed by atoms with Gasteiger partial charge in [-0.2, -0.15) is 0 Å². The smallest absolute Gasteiger partial charge is 0.260 e. The lowest BCUT2D eigenvalue weighted by atomic mass is 10.4. The van der Waals surface area contributed by atoms with Crippen LogP contribution >= 0.6 is 12.3 Å². The Labute approximate surface area is 70.9 Å². The van der Waals surface area contributed by atoms with E-state index in [9.17, 15) is 8.68 Å². The fraction of sp³-hybridized carbons (Fsp3) is 0. The topological polar surface area (TPSA) is 50.7 Å². The normalized spacial score (nSPS) is 10.8. The third kappa shape index (κ3) is 0.918. The summed E-state index contributed by atoms with van der Waals surface area (Å²) >= 11 is 0.0150. The first kappa shape index (κ1) is 7.35. The van der Waals surface area contributed by atoms with E-state index in [-0.39, 0.29) is 17.9 Å². The Morgan fingerprint density at radius 2 is 2.50 bits per heavy atom. The van der Waals surface area contributed by atoms with Crippen LogP contribution in [0.4, 0.5) is 3.89 Å². The zero-order valence-electron chi connectivity index (χ0n) is 5.82. The molecule has 0 atom stereocenters. The molecule has 2 aromatic rings. The van der Waals surface area contributed by atoms with Gasteiger partial charge in [-0.1, -0.05) is 0 Å². The third-order valence-corrected chi connectivity index (χ3v) is 1.97. The molecule has 62 valence electrons. The van der Waals surface area contributed by atoms with Gasteiger partial charge in [-0.15, -0.1) is 3.89 Å². The van der Waals surface area contributed by atoms with Gasteiger partial charge in [-0.25, -0.2) is 8.96 Å². The van der Waals surface area contributed by atoms with Gasteiger partial charge in [0.25, 0.3) is 5.56 Å². The maximum Gasteiger partial charge on any atom is 0.260 e. The van der Waals surface area contributed by atoms with E-state index in [4.69, 9.17) is 0 Å². The van der Waals surface area contributed by atoms with Crippen LogP contribution in [0.2, 0.25) is 0 Å². The molecule has 0 amide bonds. The number of fused-ring (bicyclic) bond motifs is 1. The summed E-state index contributed by atoms with van der Waals surface area (Å²) in [6, 6.07) is 1.52. The number of rotatable bonds is 1. The molecule has 0 aliphatic carbocycles. The number of hydrogen-bond donors (Lipinski definition) is 1. The minimum Gasteiger partial charge on any atom is -0.313 e. The van der Waals surface area contributed by atoms with Crippen molar-refractivity contribution in [2.75, 3.05) is 0 Å². The highest BCUT2D eigenvalue weighted by molar-refractivity contribution is 7.92.